The van der Waals surface area contributed by atoms with E-state index in [9.17, 15) is 14.4 Å². The number of carbonyl (C=O) groups excluding carboxylic acids is 2. The van der Waals surface area contributed by atoms with Gasteiger partial charge in [-0.25, -0.2) is 4.98 Å². The fraction of sp³-hybridized carbons (Fsp3) is 0.391. The number of hydrogen-bond acceptors (Lipinski definition) is 9. The van der Waals surface area contributed by atoms with Crippen LogP contribution in [0.2, 0.25) is 0 Å². The third-order valence-electron chi connectivity index (χ3n) is 5.21. The number of aryl methyl sites for hydroxylation is 1. The fourth-order valence-electron chi connectivity index (χ4n) is 3.48. The molecule has 0 spiro atoms. The van der Waals surface area contributed by atoms with Gasteiger partial charge in [-0.3, -0.25) is 19.0 Å². The van der Waals surface area contributed by atoms with Crippen LogP contribution in [0.25, 0.3) is 10.2 Å². The highest BCUT2D eigenvalue weighted by Crippen LogP contribution is 2.40. The van der Waals surface area contributed by atoms with Gasteiger partial charge in [-0.05, 0) is 18.9 Å². The molecule has 0 radical (unpaired) electrons. The van der Waals surface area contributed by atoms with E-state index in [0.717, 1.165) is 11.3 Å². The minimum atomic E-state index is -0.415. The molecule has 0 saturated carbocycles. The molecular formula is C23H28N4O7S. The van der Waals surface area contributed by atoms with E-state index in [1.54, 1.807) is 26.2 Å². The zero-order valence-electron chi connectivity index (χ0n) is 20.2. The molecule has 35 heavy (non-hydrogen) atoms. The molecule has 0 aliphatic carbocycles. The molecule has 1 aromatic carbocycles. The lowest BCUT2D eigenvalue weighted by atomic mass is 10.2. The summed E-state index contributed by atoms with van der Waals surface area (Å²) in [7, 11) is 6.04. The number of ether oxygens (including phenoxy) is 4. The molecule has 12 heteroatoms. The molecule has 2 aromatic heterocycles. The van der Waals surface area contributed by atoms with Crippen molar-refractivity contribution in [2.24, 2.45) is 0 Å². The standard InChI is InChI=1S/C23H28N4O7S/c1-13-18-22(25-12-27(23(18)30)11-17(28)24-7-6-8-31-2)35-20(13)21(29)26-14-9-15(32-3)19(34-5)16(10-14)33-4/h9-10,12H,6-8,11H2,1-5H3,(H,24,28)(H,26,29). The molecule has 0 aliphatic rings. The van der Waals surface area contributed by atoms with E-state index >= 15 is 0 Å². The van der Waals surface area contributed by atoms with Gasteiger partial charge in [-0.1, -0.05) is 0 Å². The molecule has 0 unspecified atom stereocenters. The largest absolute Gasteiger partial charge is 0.493 e. The van der Waals surface area contributed by atoms with Crippen LogP contribution in [0.1, 0.15) is 21.7 Å². The molecule has 2 N–H and O–H groups in total. The normalized spacial score (nSPS) is 10.8. The monoisotopic (exact) mass is 504 g/mol. The summed E-state index contributed by atoms with van der Waals surface area (Å²) in [4.78, 5) is 43.4. The van der Waals surface area contributed by atoms with Crippen molar-refractivity contribution in [3.63, 3.8) is 0 Å². The summed E-state index contributed by atoms with van der Waals surface area (Å²) >= 11 is 1.10. The fourth-order valence-corrected chi connectivity index (χ4v) is 4.52. The number of hydrogen-bond donors (Lipinski definition) is 2. The lowest BCUT2D eigenvalue weighted by molar-refractivity contribution is -0.121. The van der Waals surface area contributed by atoms with Crippen molar-refractivity contribution < 1.29 is 28.5 Å². The first-order valence-corrected chi connectivity index (χ1v) is 11.5. The van der Waals surface area contributed by atoms with Crippen molar-refractivity contribution in [3.05, 3.63) is 39.3 Å². The van der Waals surface area contributed by atoms with Gasteiger partial charge in [0, 0.05) is 38.1 Å². The van der Waals surface area contributed by atoms with Gasteiger partial charge < -0.3 is 29.6 Å². The third-order valence-corrected chi connectivity index (χ3v) is 6.41. The van der Waals surface area contributed by atoms with Gasteiger partial charge in [0.15, 0.2) is 11.5 Å². The summed E-state index contributed by atoms with van der Waals surface area (Å²) in [6.45, 7) is 2.49. The summed E-state index contributed by atoms with van der Waals surface area (Å²) in [5.41, 5.74) is 0.529. The molecule has 3 aromatic rings. The molecule has 188 valence electrons. The maximum Gasteiger partial charge on any atom is 0.266 e. The van der Waals surface area contributed by atoms with Gasteiger partial charge in [0.1, 0.15) is 11.4 Å². The highest BCUT2D eigenvalue weighted by atomic mass is 32.1. The first-order chi connectivity index (χ1) is 16.8. The summed E-state index contributed by atoms with van der Waals surface area (Å²) in [5.74, 6) is 0.457. The quantitative estimate of drug-likeness (QED) is 0.380. The topological polar surface area (TPSA) is 130 Å². The van der Waals surface area contributed by atoms with E-state index in [0.29, 0.717) is 63.2 Å². The van der Waals surface area contributed by atoms with E-state index in [2.05, 4.69) is 15.6 Å². The maximum absolute atomic E-state index is 13.1. The molecule has 0 saturated heterocycles. The van der Waals surface area contributed by atoms with Crippen LogP contribution in [0.15, 0.2) is 23.3 Å². The predicted octanol–water partition coefficient (Wildman–Crippen LogP) is 2.20. The van der Waals surface area contributed by atoms with E-state index in [-0.39, 0.29) is 18.0 Å². The Kier molecular flexibility index (Phi) is 8.66. The Hall–Kier alpha value is -3.64. The zero-order chi connectivity index (χ0) is 25.5. The summed E-state index contributed by atoms with van der Waals surface area (Å²) in [6.07, 6.45) is 1.98. The average Bonchev–Trinajstić information content (AvgIpc) is 3.20. The van der Waals surface area contributed by atoms with Crippen LogP contribution in [0.5, 0.6) is 17.2 Å². The Balaban J connectivity index is 1.85. The third kappa shape index (κ3) is 5.72. The second-order valence-electron chi connectivity index (χ2n) is 7.48. The molecule has 2 heterocycles. The number of amides is 2. The van der Waals surface area contributed by atoms with Crippen LogP contribution in [0, 0.1) is 6.92 Å². The van der Waals surface area contributed by atoms with Gasteiger partial charge in [-0.2, -0.15) is 0 Å². The molecule has 0 bridgehead atoms. The number of nitrogens with one attached hydrogen (secondary N) is 2. The first kappa shape index (κ1) is 26.0. The van der Waals surface area contributed by atoms with Crippen LogP contribution in [0.4, 0.5) is 5.69 Å². The number of nitrogens with zero attached hydrogens (tertiary/aromatic N) is 2. The minimum absolute atomic E-state index is 0.170. The Bertz CT molecular complexity index is 1260. The van der Waals surface area contributed by atoms with E-state index in [4.69, 9.17) is 18.9 Å². The maximum atomic E-state index is 13.1. The number of aromatic nitrogens is 2. The second kappa shape index (κ2) is 11.7. The molecule has 2 amide bonds. The van der Waals surface area contributed by atoms with E-state index < -0.39 is 5.91 Å². The lowest BCUT2D eigenvalue weighted by Gasteiger charge is -2.14. The molecule has 0 fully saturated rings. The Labute approximate surface area is 206 Å². The minimum Gasteiger partial charge on any atom is -0.493 e. The van der Waals surface area contributed by atoms with Gasteiger partial charge in [0.2, 0.25) is 11.7 Å². The van der Waals surface area contributed by atoms with Crippen molar-refractivity contribution >= 4 is 39.1 Å². The molecule has 0 aliphatic heterocycles. The van der Waals surface area contributed by atoms with Crippen molar-refractivity contribution in [2.45, 2.75) is 19.9 Å². The van der Waals surface area contributed by atoms with Crippen LogP contribution < -0.4 is 30.4 Å². The van der Waals surface area contributed by atoms with Crippen LogP contribution in [-0.2, 0) is 16.1 Å². The van der Waals surface area contributed by atoms with Crippen LogP contribution in [-0.4, -0.2) is 63.0 Å². The summed E-state index contributed by atoms with van der Waals surface area (Å²) in [5, 5.41) is 5.85. The molecule has 3 rings (SSSR count). The molecular weight excluding hydrogens is 476 g/mol. The Morgan fingerprint density at radius 2 is 1.77 bits per heavy atom. The van der Waals surface area contributed by atoms with Crippen molar-refractivity contribution in [2.75, 3.05) is 46.9 Å². The Morgan fingerprint density at radius 3 is 2.37 bits per heavy atom. The van der Waals surface area contributed by atoms with Crippen molar-refractivity contribution in [3.8, 4) is 17.2 Å². The number of anilines is 1. The molecule has 0 atom stereocenters. The SMILES string of the molecule is COCCCNC(=O)Cn1cnc2sc(C(=O)Nc3cc(OC)c(OC)c(OC)c3)c(C)c2c1=O. The summed E-state index contributed by atoms with van der Waals surface area (Å²) < 4.78 is 22.1. The molecule has 11 nitrogen and oxygen atoms in total. The van der Waals surface area contributed by atoms with Gasteiger partial charge in [0.05, 0.1) is 37.9 Å². The smallest absolute Gasteiger partial charge is 0.266 e. The second-order valence-corrected chi connectivity index (χ2v) is 8.48. The van der Waals surface area contributed by atoms with Crippen molar-refractivity contribution in [1.82, 2.24) is 14.9 Å². The predicted molar refractivity (Wildman–Crippen MR) is 132 cm³/mol. The number of benzene rings is 1. The highest BCUT2D eigenvalue weighted by molar-refractivity contribution is 7.20. The highest BCUT2D eigenvalue weighted by Gasteiger charge is 2.21. The van der Waals surface area contributed by atoms with Gasteiger partial charge in [-0.15, -0.1) is 11.3 Å². The number of thiophene rings is 1. The van der Waals surface area contributed by atoms with E-state index in [1.165, 1.54) is 32.2 Å². The lowest BCUT2D eigenvalue weighted by Crippen LogP contribution is -2.33. The summed E-state index contributed by atoms with van der Waals surface area (Å²) in [6, 6.07) is 3.22. The van der Waals surface area contributed by atoms with Crippen LogP contribution >= 0.6 is 11.3 Å². The zero-order valence-corrected chi connectivity index (χ0v) is 21.0. The van der Waals surface area contributed by atoms with E-state index in [1.807, 2.05) is 0 Å². The Morgan fingerprint density at radius 1 is 1.09 bits per heavy atom. The number of fused-ring (bicyclic) bond motifs is 1. The van der Waals surface area contributed by atoms with Gasteiger partial charge >= 0.3 is 0 Å². The van der Waals surface area contributed by atoms with Crippen LogP contribution in [0.3, 0.4) is 0 Å². The number of methoxy groups -OCH3 is 4. The average molecular weight is 505 g/mol. The number of rotatable bonds is 11. The first-order valence-electron chi connectivity index (χ1n) is 10.7. The number of carbonyl (C=O) groups is 2. The van der Waals surface area contributed by atoms with Gasteiger partial charge in [0.25, 0.3) is 11.5 Å². The van der Waals surface area contributed by atoms with Crippen molar-refractivity contribution in [1.29, 1.82) is 0 Å².